The molecule has 23 heavy (non-hydrogen) atoms. The summed E-state index contributed by atoms with van der Waals surface area (Å²) in [5, 5.41) is 10.7. The van der Waals surface area contributed by atoms with Crippen LogP contribution < -0.4 is 5.32 Å². The zero-order chi connectivity index (χ0) is 16.3. The van der Waals surface area contributed by atoms with E-state index < -0.39 is 0 Å². The predicted octanol–water partition coefficient (Wildman–Crippen LogP) is 3.37. The summed E-state index contributed by atoms with van der Waals surface area (Å²) in [7, 11) is 0. The number of rotatable bonds is 2. The molecular weight excluding hydrogens is 288 g/mol. The number of likely N-dealkylation sites (tertiary alicyclic amines) is 1. The maximum absolute atomic E-state index is 12.4. The molecule has 2 heterocycles. The largest absolute Gasteiger partial charge is 0.324 e. The van der Waals surface area contributed by atoms with Gasteiger partial charge in [0.15, 0.2) is 0 Å². The number of nitrogens with zero attached hydrogens (tertiary/aromatic N) is 3. The summed E-state index contributed by atoms with van der Waals surface area (Å²) in [6.45, 7) is 5.64. The van der Waals surface area contributed by atoms with E-state index in [-0.39, 0.29) is 11.4 Å². The number of amides is 2. The molecule has 5 heteroatoms. The molecule has 1 fully saturated rings. The second kappa shape index (κ2) is 6.36. The molecule has 0 radical (unpaired) electrons. The number of nitrogens with one attached hydrogen (secondary N) is 1. The van der Waals surface area contributed by atoms with Crippen molar-refractivity contribution in [3.8, 4) is 0 Å². The highest BCUT2D eigenvalue weighted by Crippen LogP contribution is 2.34. The van der Waals surface area contributed by atoms with Crippen molar-refractivity contribution >= 4 is 11.7 Å². The molecule has 1 aromatic carbocycles. The summed E-state index contributed by atoms with van der Waals surface area (Å²) in [6.07, 6.45) is 3.53. The molecule has 0 atom stereocenters. The van der Waals surface area contributed by atoms with Crippen LogP contribution >= 0.6 is 0 Å². The zero-order valence-corrected chi connectivity index (χ0v) is 13.6. The van der Waals surface area contributed by atoms with Gasteiger partial charge in [0.05, 0.1) is 17.6 Å². The van der Waals surface area contributed by atoms with Gasteiger partial charge in [0.25, 0.3) is 0 Å². The Morgan fingerprint density at radius 1 is 1.17 bits per heavy atom. The number of carbonyl (C=O) groups is 1. The summed E-state index contributed by atoms with van der Waals surface area (Å²) >= 11 is 0. The van der Waals surface area contributed by atoms with Crippen molar-refractivity contribution in [2.24, 2.45) is 0 Å². The lowest BCUT2D eigenvalue weighted by Gasteiger charge is -2.39. The lowest BCUT2D eigenvalue weighted by Crippen LogP contribution is -2.45. The topological polar surface area (TPSA) is 58.1 Å². The minimum Gasteiger partial charge on any atom is -0.324 e. The van der Waals surface area contributed by atoms with E-state index in [1.165, 1.54) is 5.56 Å². The van der Waals surface area contributed by atoms with E-state index in [1.807, 2.05) is 17.9 Å². The van der Waals surface area contributed by atoms with E-state index in [1.54, 1.807) is 12.3 Å². The van der Waals surface area contributed by atoms with Crippen LogP contribution in [0.3, 0.4) is 0 Å². The number of aromatic nitrogens is 2. The lowest BCUT2D eigenvalue weighted by molar-refractivity contribution is 0.174. The summed E-state index contributed by atoms with van der Waals surface area (Å²) < 4.78 is 0. The number of piperidine rings is 1. The number of benzene rings is 1. The average Bonchev–Trinajstić information content (AvgIpc) is 2.58. The molecule has 1 aliphatic rings. The van der Waals surface area contributed by atoms with Crippen LogP contribution in [0.2, 0.25) is 0 Å². The quantitative estimate of drug-likeness (QED) is 0.925. The van der Waals surface area contributed by atoms with Crippen molar-refractivity contribution in [1.82, 2.24) is 15.1 Å². The monoisotopic (exact) mass is 310 g/mol. The number of hydrogen-bond acceptors (Lipinski definition) is 3. The Bertz CT molecular complexity index is 678. The van der Waals surface area contributed by atoms with E-state index >= 15 is 0 Å². The van der Waals surface area contributed by atoms with Crippen LogP contribution in [0.1, 0.15) is 31.0 Å². The van der Waals surface area contributed by atoms with Crippen molar-refractivity contribution < 1.29 is 4.79 Å². The summed E-state index contributed by atoms with van der Waals surface area (Å²) in [4.78, 5) is 14.3. The summed E-state index contributed by atoms with van der Waals surface area (Å²) in [5.41, 5.74) is 2.95. The first-order valence-corrected chi connectivity index (χ1v) is 7.98. The van der Waals surface area contributed by atoms with Crippen LogP contribution in [-0.4, -0.2) is 34.2 Å². The molecule has 5 nitrogen and oxygen atoms in total. The molecule has 0 saturated carbocycles. The standard InChI is InChI=1S/C18H22N4O/c1-14-16(8-11-19-21-14)20-17(23)22-12-9-18(2,10-13-22)15-6-4-3-5-7-15/h3-8,11H,9-10,12-13H2,1-2H3,(H,19,20,23). The van der Waals surface area contributed by atoms with Gasteiger partial charge in [-0.2, -0.15) is 10.2 Å². The van der Waals surface area contributed by atoms with Crippen molar-refractivity contribution in [3.05, 3.63) is 53.9 Å². The maximum Gasteiger partial charge on any atom is 0.321 e. The number of anilines is 1. The molecule has 3 rings (SSSR count). The van der Waals surface area contributed by atoms with Gasteiger partial charge in [0.1, 0.15) is 0 Å². The Morgan fingerprint density at radius 2 is 1.87 bits per heavy atom. The number of urea groups is 1. The molecule has 0 aliphatic carbocycles. The van der Waals surface area contributed by atoms with Crippen molar-refractivity contribution in [2.75, 3.05) is 18.4 Å². The van der Waals surface area contributed by atoms with Crippen molar-refractivity contribution in [2.45, 2.75) is 32.1 Å². The van der Waals surface area contributed by atoms with Crippen molar-refractivity contribution in [1.29, 1.82) is 0 Å². The van der Waals surface area contributed by atoms with Crippen molar-refractivity contribution in [3.63, 3.8) is 0 Å². The Morgan fingerprint density at radius 3 is 2.52 bits per heavy atom. The van der Waals surface area contributed by atoms with Gasteiger partial charge in [-0.15, -0.1) is 0 Å². The zero-order valence-electron chi connectivity index (χ0n) is 13.6. The highest BCUT2D eigenvalue weighted by molar-refractivity contribution is 5.89. The van der Waals surface area contributed by atoms with Gasteiger partial charge in [-0.1, -0.05) is 37.3 Å². The van der Waals surface area contributed by atoms with Gasteiger partial charge in [-0.25, -0.2) is 4.79 Å². The molecule has 1 aliphatic heterocycles. The van der Waals surface area contributed by atoms with E-state index in [4.69, 9.17) is 0 Å². The third-order valence-electron chi connectivity index (χ3n) is 4.77. The molecule has 1 saturated heterocycles. The normalized spacial score (nSPS) is 16.9. The number of hydrogen-bond donors (Lipinski definition) is 1. The fourth-order valence-electron chi connectivity index (χ4n) is 3.06. The van der Waals surface area contributed by atoms with Crippen LogP contribution in [0, 0.1) is 6.92 Å². The summed E-state index contributed by atoms with van der Waals surface area (Å²) in [6, 6.07) is 12.3. The van der Waals surface area contributed by atoms with Gasteiger partial charge in [-0.3, -0.25) is 0 Å². The van der Waals surface area contributed by atoms with Gasteiger partial charge >= 0.3 is 6.03 Å². The third-order valence-corrected chi connectivity index (χ3v) is 4.77. The molecular formula is C18H22N4O. The highest BCUT2D eigenvalue weighted by Gasteiger charge is 2.33. The smallest absolute Gasteiger partial charge is 0.321 e. The Hall–Kier alpha value is -2.43. The molecule has 0 bridgehead atoms. The van der Waals surface area contributed by atoms with Crippen LogP contribution in [-0.2, 0) is 5.41 Å². The van der Waals surface area contributed by atoms with Gasteiger partial charge in [0.2, 0.25) is 0 Å². The first-order valence-electron chi connectivity index (χ1n) is 7.98. The molecule has 0 unspecified atom stereocenters. The average molecular weight is 310 g/mol. The molecule has 1 N–H and O–H groups in total. The van der Waals surface area contributed by atoms with Gasteiger partial charge in [0, 0.05) is 13.1 Å². The van der Waals surface area contributed by atoms with E-state index in [9.17, 15) is 4.79 Å². The molecule has 2 aromatic rings. The Kier molecular flexibility index (Phi) is 4.28. The Balaban J connectivity index is 1.63. The first-order chi connectivity index (χ1) is 11.1. The van der Waals surface area contributed by atoms with Crippen LogP contribution in [0.25, 0.3) is 0 Å². The predicted molar refractivity (Wildman–Crippen MR) is 90.4 cm³/mol. The second-order valence-electron chi connectivity index (χ2n) is 6.37. The third kappa shape index (κ3) is 3.33. The minimum atomic E-state index is -0.0591. The van der Waals surface area contributed by atoms with E-state index in [0.29, 0.717) is 0 Å². The number of carbonyl (C=O) groups excluding carboxylic acids is 1. The van der Waals surface area contributed by atoms with Gasteiger partial charge in [-0.05, 0) is 36.8 Å². The molecule has 2 amide bonds. The van der Waals surface area contributed by atoms with Crippen LogP contribution in [0.5, 0.6) is 0 Å². The lowest BCUT2D eigenvalue weighted by atomic mass is 9.74. The van der Waals surface area contributed by atoms with E-state index in [2.05, 4.69) is 46.7 Å². The fraction of sp³-hybridized carbons (Fsp3) is 0.389. The van der Waals surface area contributed by atoms with Crippen LogP contribution in [0.15, 0.2) is 42.6 Å². The first kappa shape index (κ1) is 15.5. The minimum absolute atomic E-state index is 0.0591. The summed E-state index contributed by atoms with van der Waals surface area (Å²) in [5.74, 6) is 0. The van der Waals surface area contributed by atoms with Gasteiger partial charge < -0.3 is 10.2 Å². The second-order valence-corrected chi connectivity index (χ2v) is 6.37. The van der Waals surface area contributed by atoms with E-state index in [0.717, 1.165) is 37.3 Å². The number of aryl methyl sites for hydroxylation is 1. The fourth-order valence-corrected chi connectivity index (χ4v) is 3.06. The van der Waals surface area contributed by atoms with Crippen LogP contribution in [0.4, 0.5) is 10.5 Å². The SMILES string of the molecule is Cc1nnccc1NC(=O)N1CCC(C)(c2ccccc2)CC1. The molecule has 120 valence electrons. The molecule has 1 aromatic heterocycles. The Labute approximate surface area is 136 Å². The highest BCUT2D eigenvalue weighted by atomic mass is 16.2. The maximum atomic E-state index is 12.4. The molecule has 0 spiro atoms.